The van der Waals surface area contributed by atoms with Gasteiger partial charge in [0, 0.05) is 19.0 Å². The van der Waals surface area contributed by atoms with Crippen molar-refractivity contribution in [2.45, 2.75) is 37.9 Å². The van der Waals surface area contributed by atoms with Gasteiger partial charge in [-0.05, 0) is 30.2 Å². The zero-order chi connectivity index (χ0) is 18.9. The molecule has 5 nitrogen and oxygen atoms in total. The lowest BCUT2D eigenvalue weighted by Gasteiger charge is -2.52. The largest absolute Gasteiger partial charge is 0.472 e. The number of rotatable bonds is 4. The van der Waals surface area contributed by atoms with Crippen LogP contribution in [0, 0.1) is 12.7 Å². The quantitative estimate of drug-likeness (QED) is 0.830. The fourth-order valence-electron chi connectivity index (χ4n) is 3.83. The fourth-order valence-corrected chi connectivity index (χ4v) is 3.83. The number of likely N-dealkylation sites (tertiary alicyclic amines) is 1. The van der Waals surface area contributed by atoms with E-state index >= 15 is 0 Å². The molecule has 4 rings (SSSR count). The summed E-state index contributed by atoms with van der Waals surface area (Å²) in [4.78, 5) is 18.4. The molecule has 0 N–H and O–H groups in total. The molecule has 2 aromatic rings. The minimum atomic E-state index is -0.457. The Bertz CT molecular complexity index is 836. The molecule has 0 saturated carbocycles. The van der Waals surface area contributed by atoms with Crippen molar-refractivity contribution in [3.8, 4) is 5.88 Å². The van der Waals surface area contributed by atoms with Gasteiger partial charge in [0.25, 0.3) is 5.88 Å². The van der Waals surface area contributed by atoms with Crippen LogP contribution >= 0.6 is 0 Å². The van der Waals surface area contributed by atoms with Crippen LogP contribution in [0.1, 0.15) is 24.0 Å². The van der Waals surface area contributed by atoms with Gasteiger partial charge in [0.2, 0.25) is 5.91 Å². The Morgan fingerprint density at radius 1 is 1.33 bits per heavy atom. The monoisotopic (exact) mass is 370 g/mol. The smallest absolute Gasteiger partial charge is 0.250 e. The number of hydrogen-bond acceptors (Lipinski definition) is 4. The minimum absolute atomic E-state index is 0.0337. The van der Waals surface area contributed by atoms with E-state index in [9.17, 15) is 9.18 Å². The van der Waals surface area contributed by atoms with Crippen LogP contribution in [-0.4, -0.2) is 47.2 Å². The third-order valence-corrected chi connectivity index (χ3v) is 5.36. The first-order chi connectivity index (χ1) is 13.0. The van der Waals surface area contributed by atoms with Crippen molar-refractivity contribution in [1.82, 2.24) is 9.88 Å². The lowest BCUT2D eigenvalue weighted by molar-refractivity contribution is -0.193. The summed E-state index contributed by atoms with van der Waals surface area (Å²) in [6, 6.07) is 10.8. The second-order valence-electron chi connectivity index (χ2n) is 7.41. The van der Waals surface area contributed by atoms with Crippen LogP contribution in [0.3, 0.4) is 0 Å². The van der Waals surface area contributed by atoms with Gasteiger partial charge in [-0.15, -0.1) is 0 Å². The molecule has 2 aliphatic heterocycles. The van der Waals surface area contributed by atoms with Gasteiger partial charge in [-0.3, -0.25) is 4.79 Å². The van der Waals surface area contributed by atoms with E-state index < -0.39 is 5.82 Å². The maximum Gasteiger partial charge on any atom is 0.250 e. The summed E-state index contributed by atoms with van der Waals surface area (Å²) >= 11 is 0. The number of halogens is 1. The summed E-state index contributed by atoms with van der Waals surface area (Å²) in [5.74, 6) is -0.314. The minimum Gasteiger partial charge on any atom is -0.472 e. The van der Waals surface area contributed by atoms with E-state index in [4.69, 9.17) is 9.47 Å². The molecule has 3 heterocycles. The topological polar surface area (TPSA) is 51.7 Å². The van der Waals surface area contributed by atoms with Gasteiger partial charge in [-0.2, -0.15) is 0 Å². The van der Waals surface area contributed by atoms with E-state index in [1.807, 2.05) is 36.1 Å². The van der Waals surface area contributed by atoms with Gasteiger partial charge in [-0.25, -0.2) is 9.37 Å². The average Bonchev–Trinajstić information content (AvgIpc) is 2.64. The van der Waals surface area contributed by atoms with Crippen LogP contribution in [0.4, 0.5) is 4.39 Å². The third kappa shape index (κ3) is 3.81. The van der Waals surface area contributed by atoms with Crippen LogP contribution in [0.5, 0.6) is 5.88 Å². The number of benzene rings is 1. The lowest BCUT2D eigenvalue weighted by Crippen LogP contribution is -2.67. The highest BCUT2D eigenvalue weighted by Gasteiger charge is 2.49. The first-order valence-electron chi connectivity index (χ1n) is 9.28. The molecule has 2 fully saturated rings. The molecular formula is C21H23FN2O3. The standard InChI is InChI=1S/C21H23FN2O3/c1-15-5-2-3-6-16(15)11-19(25)24-13-21(14-24)12-17(8-10-26-21)27-20-18(22)7-4-9-23-20/h2-7,9,17H,8,10-14H2,1H3/t17-/m1/s1. The molecule has 1 aromatic heterocycles. The molecule has 27 heavy (non-hydrogen) atoms. The lowest BCUT2D eigenvalue weighted by atomic mass is 9.84. The Balaban J connectivity index is 1.34. The Kier molecular flexibility index (Phi) is 4.83. The van der Waals surface area contributed by atoms with Crippen molar-refractivity contribution in [2.75, 3.05) is 19.7 Å². The van der Waals surface area contributed by atoms with Crippen molar-refractivity contribution < 1.29 is 18.7 Å². The van der Waals surface area contributed by atoms with Crippen molar-refractivity contribution in [2.24, 2.45) is 0 Å². The Morgan fingerprint density at radius 3 is 2.93 bits per heavy atom. The first kappa shape index (κ1) is 17.9. The summed E-state index contributed by atoms with van der Waals surface area (Å²) in [7, 11) is 0. The normalized spacial score (nSPS) is 21.0. The van der Waals surface area contributed by atoms with Crippen LogP contribution in [-0.2, 0) is 16.0 Å². The molecule has 0 radical (unpaired) electrons. The summed E-state index contributed by atoms with van der Waals surface area (Å²) < 4.78 is 25.5. The van der Waals surface area contributed by atoms with Gasteiger partial charge >= 0.3 is 0 Å². The van der Waals surface area contributed by atoms with Crippen molar-refractivity contribution in [3.63, 3.8) is 0 Å². The zero-order valence-corrected chi connectivity index (χ0v) is 15.4. The number of carbonyl (C=O) groups is 1. The van der Waals surface area contributed by atoms with E-state index in [0.29, 0.717) is 39.0 Å². The summed E-state index contributed by atoms with van der Waals surface area (Å²) in [6.45, 7) is 3.67. The van der Waals surface area contributed by atoms with Gasteiger partial charge in [0.15, 0.2) is 5.82 Å². The van der Waals surface area contributed by atoms with Crippen LogP contribution in [0.15, 0.2) is 42.6 Å². The summed E-state index contributed by atoms with van der Waals surface area (Å²) in [5.41, 5.74) is 1.80. The number of aromatic nitrogens is 1. The predicted octanol–water partition coefficient (Wildman–Crippen LogP) is 2.91. The Labute approximate surface area is 158 Å². The van der Waals surface area contributed by atoms with E-state index in [1.54, 1.807) is 0 Å². The SMILES string of the molecule is Cc1ccccc1CC(=O)N1CC2(C[C@H](Oc3ncccc3F)CCO2)C1. The maximum absolute atomic E-state index is 13.8. The molecule has 0 bridgehead atoms. The van der Waals surface area contributed by atoms with Gasteiger partial charge < -0.3 is 14.4 Å². The molecule has 1 aromatic carbocycles. The van der Waals surface area contributed by atoms with Crippen molar-refractivity contribution in [3.05, 3.63) is 59.5 Å². The second-order valence-corrected chi connectivity index (χ2v) is 7.41. The molecule has 2 saturated heterocycles. The number of ether oxygens (including phenoxy) is 2. The molecule has 0 unspecified atom stereocenters. The third-order valence-electron chi connectivity index (χ3n) is 5.36. The Morgan fingerprint density at radius 2 is 2.15 bits per heavy atom. The molecular weight excluding hydrogens is 347 g/mol. The molecule has 6 heteroatoms. The van der Waals surface area contributed by atoms with Crippen molar-refractivity contribution in [1.29, 1.82) is 0 Å². The number of aryl methyl sites for hydroxylation is 1. The number of nitrogens with zero attached hydrogens (tertiary/aromatic N) is 2. The number of carbonyl (C=O) groups excluding carboxylic acids is 1. The Hall–Kier alpha value is -2.47. The summed E-state index contributed by atoms with van der Waals surface area (Å²) in [6.07, 6.45) is 3.09. The maximum atomic E-state index is 13.8. The van der Waals surface area contributed by atoms with E-state index in [0.717, 1.165) is 11.1 Å². The van der Waals surface area contributed by atoms with E-state index in [-0.39, 0.29) is 23.5 Å². The average molecular weight is 370 g/mol. The fraction of sp³-hybridized carbons (Fsp3) is 0.429. The molecule has 2 aliphatic rings. The first-order valence-corrected chi connectivity index (χ1v) is 9.28. The van der Waals surface area contributed by atoms with Gasteiger partial charge in [-0.1, -0.05) is 24.3 Å². The molecule has 1 atom stereocenters. The molecule has 142 valence electrons. The highest BCUT2D eigenvalue weighted by atomic mass is 19.1. The molecule has 1 spiro atoms. The predicted molar refractivity (Wildman–Crippen MR) is 98.0 cm³/mol. The number of amides is 1. The van der Waals surface area contributed by atoms with Crippen LogP contribution in [0.2, 0.25) is 0 Å². The second kappa shape index (κ2) is 7.27. The molecule has 0 aliphatic carbocycles. The number of pyridine rings is 1. The highest BCUT2D eigenvalue weighted by Crippen LogP contribution is 2.36. The van der Waals surface area contributed by atoms with E-state index in [2.05, 4.69) is 4.98 Å². The van der Waals surface area contributed by atoms with Crippen LogP contribution in [0.25, 0.3) is 0 Å². The van der Waals surface area contributed by atoms with Crippen molar-refractivity contribution >= 4 is 5.91 Å². The van der Waals surface area contributed by atoms with Gasteiger partial charge in [0.1, 0.15) is 11.7 Å². The van der Waals surface area contributed by atoms with Gasteiger partial charge in [0.05, 0.1) is 26.1 Å². The molecule has 1 amide bonds. The van der Waals surface area contributed by atoms with E-state index in [1.165, 1.54) is 18.3 Å². The summed E-state index contributed by atoms with van der Waals surface area (Å²) in [5, 5.41) is 0. The number of hydrogen-bond donors (Lipinski definition) is 0. The zero-order valence-electron chi connectivity index (χ0n) is 15.4. The highest BCUT2D eigenvalue weighted by molar-refractivity contribution is 5.80. The van der Waals surface area contributed by atoms with Crippen LogP contribution < -0.4 is 4.74 Å².